The minimum Gasteiger partial charge on any atom is -0.486 e. The van der Waals surface area contributed by atoms with E-state index in [1.807, 2.05) is 74.4 Å². The number of aromatic nitrogens is 7. The standard InChI is InChI=1S/C33H33N9O.CH3NO/c1-21-15-37-33(38-29-14-22(2)41(3)40-29)39-30(21)28-18-34-31-24(10-7-11-27(28)31)19-42-13-12-25(20-42)43-26-16-35-32(36-17-26)23-8-5-4-6-9-23;2-1-3/h4-11,14-18,25,34H,12-13,19-20H2,1-3H3,(H,37,38,39,40);1H,(H2,2,3). The number of nitrogens with one attached hydrogen (secondary N) is 2. The summed E-state index contributed by atoms with van der Waals surface area (Å²) < 4.78 is 8.08. The van der Waals surface area contributed by atoms with Crippen LogP contribution in [0.2, 0.25) is 0 Å². The number of carbonyl (C=O) groups excluding carboxylic acids is 1. The van der Waals surface area contributed by atoms with Crippen LogP contribution in [0.5, 0.6) is 5.75 Å². The predicted molar refractivity (Wildman–Crippen MR) is 177 cm³/mol. The van der Waals surface area contributed by atoms with Crippen molar-refractivity contribution >= 4 is 29.1 Å². The number of rotatable bonds is 8. The first-order chi connectivity index (χ1) is 22.4. The number of nitrogens with two attached hydrogens (primary N) is 1. The minimum absolute atomic E-state index is 0.0991. The van der Waals surface area contributed by atoms with Crippen molar-refractivity contribution in [1.29, 1.82) is 0 Å². The first-order valence-corrected chi connectivity index (χ1v) is 15.0. The van der Waals surface area contributed by atoms with E-state index in [0.717, 1.165) is 70.9 Å². The number of H-pyrrole nitrogens is 1. The van der Waals surface area contributed by atoms with Gasteiger partial charge in [-0.2, -0.15) is 5.10 Å². The lowest BCUT2D eigenvalue weighted by Gasteiger charge is -2.17. The number of aryl methyl sites for hydroxylation is 3. The second-order valence-corrected chi connectivity index (χ2v) is 11.2. The van der Waals surface area contributed by atoms with Crippen LogP contribution in [0.25, 0.3) is 33.5 Å². The summed E-state index contributed by atoms with van der Waals surface area (Å²) in [4.78, 5) is 32.9. The Morgan fingerprint density at radius 3 is 2.59 bits per heavy atom. The van der Waals surface area contributed by atoms with E-state index in [-0.39, 0.29) is 12.5 Å². The maximum atomic E-state index is 8.58. The van der Waals surface area contributed by atoms with Gasteiger partial charge in [-0.05, 0) is 31.4 Å². The zero-order valence-electron chi connectivity index (χ0n) is 26.0. The highest BCUT2D eigenvalue weighted by Crippen LogP contribution is 2.33. The van der Waals surface area contributed by atoms with Gasteiger partial charge in [0.1, 0.15) is 6.10 Å². The highest BCUT2D eigenvalue weighted by Gasteiger charge is 2.25. The van der Waals surface area contributed by atoms with Gasteiger partial charge in [0.25, 0.3) is 0 Å². The summed E-state index contributed by atoms with van der Waals surface area (Å²) in [6, 6.07) is 18.4. The molecule has 234 valence electrons. The summed E-state index contributed by atoms with van der Waals surface area (Å²) in [7, 11) is 1.92. The lowest BCUT2D eigenvalue weighted by Crippen LogP contribution is -2.24. The van der Waals surface area contributed by atoms with Crippen molar-refractivity contribution in [2.24, 2.45) is 12.8 Å². The molecule has 1 fully saturated rings. The SMILES string of the molecule is Cc1cnc(Nc2cc(C)n(C)n2)nc1-c1c[nH]c2c(CN3CCC(Oc4cnc(-c5ccccc5)nc4)C3)cccc12.NC=O. The summed E-state index contributed by atoms with van der Waals surface area (Å²) in [6.07, 6.45) is 8.75. The fraction of sp³-hybridized carbons (Fsp3) is 0.235. The molecule has 7 rings (SSSR count). The number of ether oxygens (including phenoxy) is 1. The number of carbonyl (C=O) groups is 1. The van der Waals surface area contributed by atoms with Crippen LogP contribution in [0.1, 0.15) is 23.2 Å². The van der Waals surface area contributed by atoms with Crippen molar-refractivity contribution in [2.75, 3.05) is 18.4 Å². The van der Waals surface area contributed by atoms with Crippen LogP contribution in [0.15, 0.2) is 79.4 Å². The number of anilines is 2. The molecule has 0 aliphatic carbocycles. The first kappa shape index (κ1) is 30.4. The Kier molecular flexibility index (Phi) is 8.97. The van der Waals surface area contributed by atoms with Crippen LogP contribution in [-0.2, 0) is 18.4 Å². The van der Waals surface area contributed by atoms with Crippen LogP contribution in [0, 0.1) is 13.8 Å². The van der Waals surface area contributed by atoms with E-state index < -0.39 is 0 Å². The third-order valence-electron chi connectivity index (χ3n) is 7.97. The zero-order chi connectivity index (χ0) is 32.0. The number of nitrogens with zero attached hydrogens (tertiary/aromatic N) is 7. The number of benzene rings is 2. The molecule has 6 aromatic rings. The normalized spacial score (nSPS) is 14.5. The largest absolute Gasteiger partial charge is 0.486 e. The molecule has 4 N–H and O–H groups in total. The van der Waals surface area contributed by atoms with Crippen LogP contribution in [-0.4, -0.2) is 65.2 Å². The average molecular weight is 617 g/mol. The summed E-state index contributed by atoms with van der Waals surface area (Å²) >= 11 is 0. The molecular formula is C34H36N10O2. The minimum atomic E-state index is 0.0991. The quantitative estimate of drug-likeness (QED) is 0.202. The molecule has 1 aliphatic rings. The van der Waals surface area contributed by atoms with Gasteiger partial charge in [-0.3, -0.25) is 14.4 Å². The number of likely N-dealkylation sites (tertiary alicyclic amines) is 1. The Balaban J connectivity index is 0.00000119. The van der Waals surface area contributed by atoms with Gasteiger partial charge >= 0.3 is 0 Å². The van der Waals surface area contributed by atoms with E-state index in [9.17, 15) is 0 Å². The Hall–Kier alpha value is -5.62. The number of amides is 1. The monoisotopic (exact) mass is 616 g/mol. The molecule has 1 saturated heterocycles. The number of hydrogen-bond acceptors (Lipinski definition) is 9. The second kappa shape index (κ2) is 13.6. The van der Waals surface area contributed by atoms with Gasteiger partial charge in [0.15, 0.2) is 17.4 Å². The third kappa shape index (κ3) is 6.71. The van der Waals surface area contributed by atoms with Crippen molar-refractivity contribution in [1.82, 2.24) is 39.6 Å². The third-order valence-corrected chi connectivity index (χ3v) is 7.97. The predicted octanol–water partition coefficient (Wildman–Crippen LogP) is 4.93. The molecule has 46 heavy (non-hydrogen) atoms. The second-order valence-electron chi connectivity index (χ2n) is 11.2. The van der Waals surface area contributed by atoms with Crippen molar-refractivity contribution in [3.8, 4) is 28.4 Å². The molecule has 0 bridgehead atoms. The van der Waals surface area contributed by atoms with E-state index in [0.29, 0.717) is 17.5 Å². The van der Waals surface area contributed by atoms with Gasteiger partial charge in [-0.1, -0.05) is 48.5 Å². The van der Waals surface area contributed by atoms with Crippen LogP contribution < -0.4 is 15.8 Å². The number of primary amides is 1. The van der Waals surface area contributed by atoms with Crippen LogP contribution >= 0.6 is 0 Å². The molecule has 12 heteroatoms. The van der Waals surface area contributed by atoms with Crippen LogP contribution in [0.4, 0.5) is 11.8 Å². The highest BCUT2D eigenvalue weighted by molar-refractivity contribution is 5.97. The maximum absolute atomic E-state index is 8.58. The summed E-state index contributed by atoms with van der Waals surface area (Å²) in [5, 5.41) is 8.86. The first-order valence-electron chi connectivity index (χ1n) is 15.0. The lowest BCUT2D eigenvalue weighted by molar-refractivity contribution is -0.106. The van der Waals surface area contributed by atoms with E-state index >= 15 is 0 Å². The maximum Gasteiger partial charge on any atom is 0.228 e. The molecule has 0 spiro atoms. The number of aromatic amines is 1. The molecule has 1 amide bonds. The molecule has 1 unspecified atom stereocenters. The highest BCUT2D eigenvalue weighted by atomic mass is 16.5. The van der Waals surface area contributed by atoms with Gasteiger partial charge in [0, 0.05) is 67.3 Å². The Bertz CT molecular complexity index is 1920. The lowest BCUT2D eigenvalue weighted by atomic mass is 10.0. The van der Waals surface area contributed by atoms with Gasteiger partial charge < -0.3 is 20.8 Å². The van der Waals surface area contributed by atoms with Crippen molar-refractivity contribution < 1.29 is 9.53 Å². The van der Waals surface area contributed by atoms with Gasteiger partial charge in [-0.15, -0.1) is 0 Å². The number of hydrogen-bond donors (Lipinski definition) is 3. The molecule has 1 aliphatic heterocycles. The molecule has 5 heterocycles. The molecule has 12 nitrogen and oxygen atoms in total. The molecule has 1 atom stereocenters. The van der Waals surface area contributed by atoms with E-state index in [1.54, 1.807) is 12.4 Å². The fourth-order valence-electron chi connectivity index (χ4n) is 5.64. The summed E-state index contributed by atoms with van der Waals surface area (Å²) in [6.45, 7) is 6.69. The Labute approximate surface area is 266 Å². The zero-order valence-corrected chi connectivity index (χ0v) is 26.0. The van der Waals surface area contributed by atoms with E-state index in [4.69, 9.17) is 14.5 Å². The van der Waals surface area contributed by atoms with E-state index in [2.05, 4.69) is 59.2 Å². The van der Waals surface area contributed by atoms with Gasteiger partial charge in [0.2, 0.25) is 12.4 Å². The van der Waals surface area contributed by atoms with Gasteiger partial charge in [-0.25, -0.2) is 19.9 Å². The smallest absolute Gasteiger partial charge is 0.228 e. The average Bonchev–Trinajstić information content (AvgIpc) is 3.78. The topological polar surface area (TPSA) is 153 Å². The number of fused-ring (bicyclic) bond motifs is 1. The molecule has 0 radical (unpaired) electrons. The Morgan fingerprint density at radius 1 is 1.07 bits per heavy atom. The van der Waals surface area contributed by atoms with Crippen molar-refractivity contribution in [3.63, 3.8) is 0 Å². The Morgan fingerprint density at radius 2 is 1.85 bits per heavy atom. The van der Waals surface area contributed by atoms with E-state index in [1.165, 1.54) is 5.56 Å². The number of para-hydroxylation sites is 1. The van der Waals surface area contributed by atoms with Crippen molar-refractivity contribution in [2.45, 2.75) is 32.9 Å². The molecule has 4 aromatic heterocycles. The van der Waals surface area contributed by atoms with Gasteiger partial charge in [0.05, 0.1) is 23.6 Å². The summed E-state index contributed by atoms with van der Waals surface area (Å²) in [5.74, 6) is 2.65. The molecular weight excluding hydrogens is 580 g/mol. The van der Waals surface area contributed by atoms with Crippen molar-refractivity contribution in [3.05, 3.63) is 96.2 Å². The van der Waals surface area contributed by atoms with Crippen LogP contribution in [0.3, 0.4) is 0 Å². The fourth-order valence-corrected chi connectivity index (χ4v) is 5.64. The molecule has 0 saturated carbocycles. The molecule has 2 aromatic carbocycles. The summed E-state index contributed by atoms with van der Waals surface area (Å²) in [5.41, 5.74) is 11.5.